The summed E-state index contributed by atoms with van der Waals surface area (Å²) in [6, 6.07) is 17.8. The van der Waals surface area contributed by atoms with E-state index in [2.05, 4.69) is 46.9 Å². The second kappa shape index (κ2) is 9.95. The fraction of sp³-hybridized carbons (Fsp3) is 0.208. The number of aryl methyl sites for hydroxylation is 2. The van der Waals surface area contributed by atoms with Crippen molar-refractivity contribution in [3.63, 3.8) is 0 Å². The topological polar surface area (TPSA) is 30.8 Å². The average Bonchev–Trinajstić information content (AvgIpc) is 2.67. The lowest BCUT2D eigenvalue weighted by atomic mass is 10.1. The number of benzene rings is 3. The predicted octanol–water partition coefficient (Wildman–Crippen LogP) is 7.45. The maximum Gasteiger partial charge on any atom is 0.175 e. The number of ether oxygens (including phenoxy) is 2. The Morgan fingerprint density at radius 3 is 2.59 bits per heavy atom. The Labute approximate surface area is 185 Å². The molecule has 0 fully saturated rings. The molecule has 0 amide bonds. The second-order valence-corrected chi connectivity index (χ2v) is 8.02. The molecule has 0 saturated carbocycles. The summed E-state index contributed by atoms with van der Waals surface area (Å²) >= 11 is 9.67. The van der Waals surface area contributed by atoms with Crippen molar-refractivity contribution in [1.29, 1.82) is 0 Å². The molecule has 0 aromatic heterocycles. The zero-order valence-corrected chi connectivity index (χ0v) is 19.0. The van der Waals surface area contributed by atoms with Gasteiger partial charge in [0.25, 0.3) is 0 Å². The van der Waals surface area contributed by atoms with Crippen molar-refractivity contribution in [3.05, 3.63) is 86.3 Å². The molecule has 0 saturated heterocycles. The fourth-order valence-electron chi connectivity index (χ4n) is 2.94. The van der Waals surface area contributed by atoms with E-state index in [1.165, 1.54) is 5.56 Å². The van der Waals surface area contributed by atoms with Gasteiger partial charge in [0.15, 0.2) is 11.5 Å². The van der Waals surface area contributed by atoms with Crippen molar-refractivity contribution in [2.75, 3.05) is 6.61 Å². The van der Waals surface area contributed by atoms with Crippen molar-refractivity contribution in [1.82, 2.24) is 0 Å². The number of rotatable bonds is 7. The molecule has 3 aromatic rings. The largest absolute Gasteiger partial charge is 0.490 e. The molecule has 0 atom stereocenters. The highest BCUT2D eigenvalue weighted by molar-refractivity contribution is 9.10. The van der Waals surface area contributed by atoms with E-state index in [0.29, 0.717) is 29.7 Å². The van der Waals surface area contributed by atoms with Gasteiger partial charge in [-0.05, 0) is 83.7 Å². The van der Waals surface area contributed by atoms with E-state index in [0.717, 1.165) is 26.9 Å². The van der Waals surface area contributed by atoms with Gasteiger partial charge in [0.2, 0.25) is 0 Å². The summed E-state index contributed by atoms with van der Waals surface area (Å²) in [5.41, 5.74) is 5.24. The number of hydrogen-bond donors (Lipinski definition) is 0. The van der Waals surface area contributed by atoms with Gasteiger partial charge >= 0.3 is 0 Å². The van der Waals surface area contributed by atoms with Crippen LogP contribution in [-0.4, -0.2) is 12.8 Å². The van der Waals surface area contributed by atoms with Crippen molar-refractivity contribution < 1.29 is 9.47 Å². The maximum atomic E-state index is 6.06. The Bertz CT molecular complexity index is 1030. The quantitative estimate of drug-likeness (QED) is 0.334. The van der Waals surface area contributed by atoms with Crippen LogP contribution in [0.2, 0.25) is 5.02 Å². The van der Waals surface area contributed by atoms with Gasteiger partial charge in [-0.2, -0.15) is 0 Å². The molecule has 3 aromatic carbocycles. The van der Waals surface area contributed by atoms with Crippen LogP contribution in [0.25, 0.3) is 0 Å². The van der Waals surface area contributed by atoms with Crippen LogP contribution in [0.3, 0.4) is 0 Å². The number of hydrogen-bond acceptors (Lipinski definition) is 3. The van der Waals surface area contributed by atoms with Gasteiger partial charge in [0.1, 0.15) is 6.61 Å². The summed E-state index contributed by atoms with van der Waals surface area (Å²) in [6.45, 7) is 7.03. The Hall–Kier alpha value is -2.30. The standard InChI is InChI=1S/C24H23BrClNO2/c1-4-28-23-13-19(14-27-22-9-8-16(2)10-17(22)3)12-21(25)24(23)29-15-18-6-5-7-20(26)11-18/h5-14H,4,15H2,1-3H3. The van der Waals surface area contributed by atoms with E-state index in [-0.39, 0.29) is 0 Å². The van der Waals surface area contributed by atoms with Crippen molar-refractivity contribution in [2.24, 2.45) is 4.99 Å². The van der Waals surface area contributed by atoms with Crippen LogP contribution in [0.4, 0.5) is 5.69 Å². The Balaban J connectivity index is 1.84. The second-order valence-electron chi connectivity index (χ2n) is 6.73. The van der Waals surface area contributed by atoms with Gasteiger partial charge in [-0.15, -0.1) is 0 Å². The van der Waals surface area contributed by atoms with Gasteiger partial charge in [0.05, 0.1) is 16.8 Å². The van der Waals surface area contributed by atoms with Gasteiger partial charge in [-0.1, -0.05) is 41.4 Å². The first kappa shape index (κ1) is 21.4. The van der Waals surface area contributed by atoms with Crippen LogP contribution >= 0.6 is 27.5 Å². The summed E-state index contributed by atoms with van der Waals surface area (Å²) in [6.07, 6.45) is 1.84. The molecular formula is C24H23BrClNO2. The molecule has 0 spiro atoms. The SMILES string of the molecule is CCOc1cc(C=Nc2ccc(C)cc2C)cc(Br)c1OCc1cccc(Cl)c1. The molecule has 29 heavy (non-hydrogen) atoms. The molecule has 0 aliphatic rings. The van der Waals surface area contributed by atoms with Crippen LogP contribution in [0.1, 0.15) is 29.2 Å². The minimum atomic E-state index is 0.398. The molecule has 0 N–H and O–H groups in total. The lowest BCUT2D eigenvalue weighted by Crippen LogP contribution is -2.01. The molecule has 0 radical (unpaired) electrons. The first-order valence-electron chi connectivity index (χ1n) is 9.41. The monoisotopic (exact) mass is 471 g/mol. The summed E-state index contributed by atoms with van der Waals surface area (Å²) in [5, 5.41) is 0.688. The van der Waals surface area contributed by atoms with Crippen LogP contribution < -0.4 is 9.47 Å². The smallest absolute Gasteiger partial charge is 0.175 e. The molecule has 0 aliphatic carbocycles. The fourth-order valence-corrected chi connectivity index (χ4v) is 3.73. The number of aliphatic imine (C=N–C) groups is 1. The number of nitrogens with zero attached hydrogens (tertiary/aromatic N) is 1. The van der Waals surface area contributed by atoms with Crippen LogP contribution in [0.5, 0.6) is 11.5 Å². The third-order valence-electron chi connectivity index (χ3n) is 4.31. The molecule has 3 rings (SSSR count). The highest BCUT2D eigenvalue weighted by Gasteiger charge is 2.12. The zero-order valence-electron chi connectivity index (χ0n) is 16.7. The first-order chi connectivity index (χ1) is 14.0. The van der Waals surface area contributed by atoms with Crippen LogP contribution in [0.15, 0.2) is 64.1 Å². The molecule has 5 heteroatoms. The Morgan fingerprint density at radius 1 is 1.03 bits per heavy atom. The predicted molar refractivity (Wildman–Crippen MR) is 124 cm³/mol. The van der Waals surface area contributed by atoms with Gasteiger partial charge < -0.3 is 9.47 Å². The zero-order chi connectivity index (χ0) is 20.8. The third kappa shape index (κ3) is 5.84. The van der Waals surface area contributed by atoms with Crippen LogP contribution in [-0.2, 0) is 6.61 Å². The minimum Gasteiger partial charge on any atom is -0.490 e. The van der Waals surface area contributed by atoms with Crippen molar-refractivity contribution in [2.45, 2.75) is 27.4 Å². The summed E-state index contributed by atoms with van der Waals surface area (Å²) in [5.74, 6) is 1.33. The normalized spacial score (nSPS) is 11.1. The molecule has 0 aliphatic heterocycles. The lowest BCUT2D eigenvalue weighted by Gasteiger charge is -2.15. The van der Waals surface area contributed by atoms with E-state index in [9.17, 15) is 0 Å². The molecule has 0 bridgehead atoms. The summed E-state index contributed by atoms with van der Waals surface area (Å²) in [7, 11) is 0. The van der Waals surface area contributed by atoms with Crippen molar-refractivity contribution in [3.8, 4) is 11.5 Å². The molecule has 0 unspecified atom stereocenters. The maximum absolute atomic E-state index is 6.06. The highest BCUT2D eigenvalue weighted by Crippen LogP contribution is 2.37. The number of halogens is 2. The first-order valence-corrected chi connectivity index (χ1v) is 10.6. The molecule has 0 heterocycles. The van der Waals surface area contributed by atoms with Crippen molar-refractivity contribution >= 4 is 39.4 Å². The van der Waals surface area contributed by atoms with E-state index < -0.39 is 0 Å². The molecule has 150 valence electrons. The average molecular weight is 473 g/mol. The highest BCUT2D eigenvalue weighted by atomic mass is 79.9. The van der Waals surface area contributed by atoms with Crippen LogP contribution in [0, 0.1) is 13.8 Å². The third-order valence-corrected chi connectivity index (χ3v) is 5.13. The van der Waals surface area contributed by atoms with E-state index in [4.69, 9.17) is 21.1 Å². The summed E-state index contributed by atoms with van der Waals surface area (Å²) < 4.78 is 12.7. The Kier molecular flexibility index (Phi) is 7.34. The van der Waals surface area contributed by atoms with E-state index in [1.54, 1.807) is 0 Å². The summed E-state index contributed by atoms with van der Waals surface area (Å²) in [4.78, 5) is 4.64. The van der Waals surface area contributed by atoms with Gasteiger partial charge in [-0.3, -0.25) is 4.99 Å². The van der Waals surface area contributed by atoms with E-state index >= 15 is 0 Å². The minimum absolute atomic E-state index is 0.398. The van der Waals surface area contributed by atoms with E-state index in [1.807, 2.05) is 55.6 Å². The molecular weight excluding hydrogens is 450 g/mol. The lowest BCUT2D eigenvalue weighted by molar-refractivity contribution is 0.267. The Morgan fingerprint density at radius 2 is 1.86 bits per heavy atom. The van der Waals surface area contributed by atoms with Gasteiger partial charge in [-0.25, -0.2) is 0 Å². The molecule has 3 nitrogen and oxygen atoms in total. The van der Waals surface area contributed by atoms with Gasteiger partial charge in [0, 0.05) is 11.2 Å².